The number of hydrogen-bond acceptors (Lipinski definition) is 3. The Morgan fingerprint density at radius 2 is 1.90 bits per heavy atom. The Morgan fingerprint density at radius 1 is 1.25 bits per heavy atom. The van der Waals surface area contributed by atoms with Crippen molar-refractivity contribution in [3.63, 3.8) is 0 Å². The van der Waals surface area contributed by atoms with E-state index < -0.39 is 9.05 Å². The van der Waals surface area contributed by atoms with Gasteiger partial charge in [0.1, 0.15) is 4.90 Å². The zero-order valence-corrected chi connectivity index (χ0v) is 13.8. The van der Waals surface area contributed by atoms with Crippen LogP contribution in [0.25, 0.3) is 0 Å². The monoisotopic (exact) mass is 352 g/mol. The van der Waals surface area contributed by atoms with Crippen molar-refractivity contribution in [2.75, 3.05) is 0 Å². The van der Waals surface area contributed by atoms with Crippen LogP contribution in [0.4, 0.5) is 0 Å². The van der Waals surface area contributed by atoms with E-state index in [0.717, 1.165) is 5.56 Å². The molecule has 0 radical (unpaired) electrons. The van der Waals surface area contributed by atoms with E-state index in [2.05, 4.69) is 5.10 Å². The Kier molecular flexibility index (Phi) is 4.35. The third-order valence-corrected chi connectivity index (χ3v) is 5.03. The molecule has 1 heterocycles. The van der Waals surface area contributed by atoms with Crippen molar-refractivity contribution in [1.29, 1.82) is 0 Å². The molecule has 1 aromatic carbocycles. The van der Waals surface area contributed by atoms with Crippen molar-refractivity contribution < 1.29 is 8.42 Å². The molecule has 0 unspecified atom stereocenters. The van der Waals surface area contributed by atoms with E-state index in [1.54, 1.807) is 36.7 Å². The van der Waals surface area contributed by atoms with Gasteiger partial charge < -0.3 is 0 Å². The third kappa shape index (κ3) is 3.11. The number of aryl methyl sites for hydroxylation is 1. The molecule has 0 saturated heterocycles. The van der Waals surface area contributed by atoms with Gasteiger partial charge in [-0.1, -0.05) is 23.2 Å². The molecular formula is C12H11Cl3N2O2S. The lowest BCUT2D eigenvalue weighted by Gasteiger charge is -2.07. The minimum Gasteiger partial charge on any atom is -0.264 e. The zero-order chi connectivity index (χ0) is 15.1. The van der Waals surface area contributed by atoms with Crippen molar-refractivity contribution in [2.45, 2.75) is 25.3 Å². The summed E-state index contributed by atoms with van der Waals surface area (Å²) >= 11 is 12.0. The molecule has 20 heavy (non-hydrogen) atoms. The average molecular weight is 354 g/mol. The summed E-state index contributed by atoms with van der Waals surface area (Å²) in [6, 6.07) is 5.09. The predicted octanol–water partition coefficient (Wildman–Crippen LogP) is 3.78. The smallest absolute Gasteiger partial charge is 0.264 e. The van der Waals surface area contributed by atoms with Crippen molar-refractivity contribution in [2.24, 2.45) is 0 Å². The van der Waals surface area contributed by atoms with Gasteiger partial charge in [0.05, 0.1) is 17.9 Å². The van der Waals surface area contributed by atoms with Crippen LogP contribution in [-0.2, 0) is 15.6 Å². The fourth-order valence-corrected chi connectivity index (χ4v) is 3.91. The third-order valence-electron chi connectivity index (χ3n) is 2.89. The van der Waals surface area contributed by atoms with Gasteiger partial charge in [-0.25, -0.2) is 8.42 Å². The Bertz CT molecular complexity index is 769. The highest BCUT2D eigenvalue weighted by Gasteiger charge is 2.22. The minimum absolute atomic E-state index is 0.0392. The van der Waals surface area contributed by atoms with Crippen LogP contribution in [-0.4, -0.2) is 18.2 Å². The summed E-state index contributed by atoms with van der Waals surface area (Å²) < 4.78 is 24.6. The number of rotatable bonds is 3. The SMILES string of the molecule is Cc1nn(Cc2cc(Cl)ccc2Cl)c(C)c1S(=O)(=O)Cl. The maximum atomic E-state index is 11.5. The van der Waals surface area contributed by atoms with Crippen LogP contribution in [0.15, 0.2) is 23.1 Å². The van der Waals surface area contributed by atoms with Gasteiger partial charge in [0.25, 0.3) is 9.05 Å². The first-order chi connectivity index (χ1) is 9.20. The molecule has 0 bridgehead atoms. The van der Waals surface area contributed by atoms with Crippen molar-refractivity contribution in [1.82, 2.24) is 9.78 Å². The Hall–Kier alpha value is -0.750. The maximum Gasteiger partial charge on any atom is 0.264 e. The van der Waals surface area contributed by atoms with Gasteiger partial charge in [0.2, 0.25) is 0 Å². The molecule has 4 nitrogen and oxygen atoms in total. The molecule has 0 fully saturated rings. The second-order valence-corrected chi connectivity index (χ2v) is 7.68. The van der Waals surface area contributed by atoms with Gasteiger partial charge in [0.15, 0.2) is 0 Å². The molecule has 0 atom stereocenters. The number of nitrogens with zero attached hydrogens (tertiary/aromatic N) is 2. The van der Waals surface area contributed by atoms with Gasteiger partial charge >= 0.3 is 0 Å². The van der Waals surface area contributed by atoms with Gasteiger partial charge in [0, 0.05) is 20.7 Å². The summed E-state index contributed by atoms with van der Waals surface area (Å²) in [6.45, 7) is 3.56. The first-order valence-corrected chi connectivity index (χ1v) is 8.69. The molecular weight excluding hydrogens is 343 g/mol. The molecule has 108 valence electrons. The number of hydrogen-bond donors (Lipinski definition) is 0. The van der Waals surface area contributed by atoms with E-state index in [4.69, 9.17) is 33.9 Å². The van der Waals surface area contributed by atoms with Crippen molar-refractivity contribution >= 4 is 42.9 Å². The molecule has 0 aliphatic carbocycles. The zero-order valence-electron chi connectivity index (χ0n) is 10.7. The summed E-state index contributed by atoms with van der Waals surface area (Å²) in [6.07, 6.45) is 0. The summed E-state index contributed by atoms with van der Waals surface area (Å²) in [4.78, 5) is 0.0392. The van der Waals surface area contributed by atoms with Crippen LogP contribution >= 0.6 is 33.9 Å². The predicted molar refractivity (Wildman–Crippen MR) is 80.3 cm³/mol. The first kappa shape index (κ1) is 15.6. The van der Waals surface area contributed by atoms with Gasteiger partial charge in [-0.3, -0.25) is 4.68 Å². The summed E-state index contributed by atoms with van der Waals surface area (Å²) in [5.41, 5.74) is 1.58. The largest absolute Gasteiger partial charge is 0.264 e. The standard InChI is InChI=1S/C12H11Cl3N2O2S/c1-7-12(20(15,18)19)8(2)17(16-7)6-9-5-10(13)3-4-11(9)14/h3-5H,6H2,1-2H3. The molecule has 0 saturated carbocycles. The summed E-state index contributed by atoms with van der Waals surface area (Å²) in [7, 11) is 1.59. The second-order valence-electron chi connectivity index (χ2n) is 4.33. The molecule has 0 spiro atoms. The quantitative estimate of drug-likeness (QED) is 0.789. The minimum atomic E-state index is -3.82. The lowest BCUT2D eigenvalue weighted by molar-refractivity contribution is 0.607. The van der Waals surface area contributed by atoms with Crippen LogP contribution in [0.5, 0.6) is 0 Å². The lowest BCUT2D eigenvalue weighted by Crippen LogP contribution is -2.05. The fraction of sp³-hybridized carbons (Fsp3) is 0.250. The summed E-state index contributed by atoms with van der Waals surface area (Å²) in [5.74, 6) is 0. The average Bonchev–Trinajstić information content (AvgIpc) is 2.58. The van der Waals surface area contributed by atoms with Crippen LogP contribution < -0.4 is 0 Å². The topological polar surface area (TPSA) is 52.0 Å². The number of aromatic nitrogens is 2. The van der Waals surface area contributed by atoms with Crippen LogP contribution in [0.1, 0.15) is 17.0 Å². The van der Waals surface area contributed by atoms with E-state index >= 15 is 0 Å². The fourth-order valence-electron chi connectivity index (χ4n) is 2.01. The molecule has 1 aromatic heterocycles. The van der Waals surface area contributed by atoms with E-state index in [-0.39, 0.29) is 4.90 Å². The molecule has 2 aromatic rings. The Labute approximate surface area is 131 Å². The maximum absolute atomic E-state index is 11.5. The van der Waals surface area contributed by atoms with Crippen LogP contribution in [0, 0.1) is 13.8 Å². The number of benzene rings is 1. The van der Waals surface area contributed by atoms with Gasteiger partial charge in [-0.2, -0.15) is 5.10 Å². The van der Waals surface area contributed by atoms with Gasteiger partial charge in [-0.05, 0) is 37.6 Å². The van der Waals surface area contributed by atoms with E-state index in [0.29, 0.717) is 28.0 Å². The van der Waals surface area contributed by atoms with E-state index in [9.17, 15) is 8.42 Å². The molecule has 0 aliphatic rings. The highest BCUT2D eigenvalue weighted by Crippen LogP contribution is 2.26. The van der Waals surface area contributed by atoms with Gasteiger partial charge in [-0.15, -0.1) is 0 Å². The van der Waals surface area contributed by atoms with Crippen molar-refractivity contribution in [3.8, 4) is 0 Å². The molecule has 8 heteroatoms. The molecule has 0 aliphatic heterocycles. The van der Waals surface area contributed by atoms with Crippen LogP contribution in [0.2, 0.25) is 10.0 Å². The lowest BCUT2D eigenvalue weighted by atomic mass is 10.2. The Balaban J connectivity index is 2.48. The first-order valence-electron chi connectivity index (χ1n) is 5.62. The van der Waals surface area contributed by atoms with E-state index in [1.165, 1.54) is 0 Å². The molecule has 0 N–H and O–H groups in total. The van der Waals surface area contributed by atoms with Crippen molar-refractivity contribution in [3.05, 3.63) is 45.2 Å². The molecule has 2 rings (SSSR count). The summed E-state index contributed by atoms with van der Waals surface area (Å²) in [5, 5.41) is 5.29. The Morgan fingerprint density at radius 3 is 2.45 bits per heavy atom. The normalized spacial score (nSPS) is 11.8. The number of halogens is 3. The van der Waals surface area contributed by atoms with Crippen LogP contribution in [0.3, 0.4) is 0 Å². The second kappa shape index (κ2) is 5.56. The highest BCUT2D eigenvalue weighted by molar-refractivity contribution is 8.13. The highest BCUT2D eigenvalue weighted by atomic mass is 35.7. The molecule has 0 amide bonds. The van der Waals surface area contributed by atoms with E-state index in [1.807, 2.05) is 0 Å².